The lowest BCUT2D eigenvalue weighted by atomic mass is 10.2. The Hall–Kier alpha value is -1.20. The molecule has 0 N–H and O–H groups in total. The number of halogens is 4. The molecule has 0 aliphatic carbocycles. The summed E-state index contributed by atoms with van der Waals surface area (Å²) in [6.45, 7) is 1.63. The second-order valence-electron chi connectivity index (χ2n) is 3.32. The third-order valence-electron chi connectivity index (χ3n) is 2.04. The molecule has 7 heteroatoms. The maximum Gasteiger partial charge on any atom is 0.261 e. The monoisotopic (exact) mass is 278 g/mol. The first-order valence-electron chi connectivity index (χ1n) is 4.61. The summed E-state index contributed by atoms with van der Waals surface area (Å²) in [7, 11) is 0. The molecule has 1 atom stereocenters. The van der Waals surface area contributed by atoms with Gasteiger partial charge in [-0.05, 0) is 19.1 Å². The van der Waals surface area contributed by atoms with Gasteiger partial charge in [0, 0.05) is 0 Å². The van der Waals surface area contributed by atoms with Gasteiger partial charge >= 0.3 is 0 Å². The van der Waals surface area contributed by atoms with Gasteiger partial charge in [0.25, 0.3) is 5.89 Å². The van der Waals surface area contributed by atoms with Crippen molar-refractivity contribution in [1.82, 2.24) is 10.1 Å². The molecule has 0 saturated heterocycles. The Kier molecular flexibility index (Phi) is 3.31. The second kappa shape index (κ2) is 4.58. The van der Waals surface area contributed by atoms with Crippen LogP contribution in [0.4, 0.5) is 8.78 Å². The summed E-state index contributed by atoms with van der Waals surface area (Å²) in [5.74, 6) is -1.44. The zero-order chi connectivity index (χ0) is 12.6. The van der Waals surface area contributed by atoms with Crippen molar-refractivity contribution in [3.05, 3.63) is 34.6 Å². The smallest absolute Gasteiger partial charge is 0.261 e. The van der Waals surface area contributed by atoms with Crippen molar-refractivity contribution in [3.63, 3.8) is 0 Å². The SMILES string of the molecule is CC(Cl)c1noc(-c2cc(F)c(Cl)cc2F)n1. The highest BCUT2D eigenvalue weighted by Crippen LogP contribution is 2.28. The summed E-state index contributed by atoms with van der Waals surface area (Å²) < 4.78 is 31.5. The van der Waals surface area contributed by atoms with Crippen LogP contribution in [-0.2, 0) is 0 Å². The Morgan fingerprint density at radius 1 is 1.29 bits per heavy atom. The van der Waals surface area contributed by atoms with Crippen molar-refractivity contribution in [2.24, 2.45) is 0 Å². The van der Waals surface area contributed by atoms with E-state index in [-0.39, 0.29) is 22.3 Å². The average molecular weight is 279 g/mol. The van der Waals surface area contributed by atoms with Crippen molar-refractivity contribution >= 4 is 23.2 Å². The highest BCUT2D eigenvalue weighted by atomic mass is 35.5. The molecule has 1 aromatic heterocycles. The predicted octanol–water partition coefficient (Wildman–Crippen LogP) is 3.97. The molecule has 0 aliphatic heterocycles. The van der Waals surface area contributed by atoms with Crippen LogP contribution in [0.5, 0.6) is 0 Å². The summed E-state index contributed by atoms with van der Waals surface area (Å²) in [4.78, 5) is 3.85. The number of aromatic nitrogens is 2. The summed E-state index contributed by atoms with van der Waals surface area (Å²) in [5, 5.41) is 2.76. The molecule has 2 aromatic rings. The first-order chi connectivity index (χ1) is 7.99. The summed E-state index contributed by atoms with van der Waals surface area (Å²) >= 11 is 11.2. The van der Waals surface area contributed by atoms with E-state index in [0.717, 1.165) is 12.1 Å². The van der Waals surface area contributed by atoms with Crippen molar-refractivity contribution < 1.29 is 13.3 Å². The largest absolute Gasteiger partial charge is 0.334 e. The van der Waals surface area contributed by atoms with Crippen LogP contribution in [0.15, 0.2) is 16.7 Å². The molecule has 90 valence electrons. The Morgan fingerprint density at radius 2 is 2.00 bits per heavy atom. The molecule has 3 nitrogen and oxygen atoms in total. The van der Waals surface area contributed by atoms with E-state index >= 15 is 0 Å². The molecular formula is C10H6Cl2F2N2O. The van der Waals surface area contributed by atoms with Crippen LogP contribution in [0.25, 0.3) is 11.5 Å². The highest BCUT2D eigenvalue weighted by Gasteiger charge is 2.18. The van der Waals surface area contributed by atoms with Gasteiger partial charge in [-0.15, -0.1) is 11.6 Å². The quantitative estimate of drug-likeness (QED) is 0.616. The molecule has 0 saturated carbocycles. The van der Waals surface area contributed by atoms with Gasteiger partial charge in [0.1, 0.15) is 11.6 Å². The summed E-state index contributed by atoms with van der Waals surface area (Å²) in [6, 6.07) is 1.74. The van der Waals surface area contributed by atoms with E-state index in [1.165, 1.54) is 0 Å². The highest BCUT2D eigenvalue weighted by molar-refractivity contribution is 6.30. The van der Waals surface area contributed by atoms with Gasteiger partial charge in [0.15, 0.2) is 5.82 Å². The maximum absolute atomic E-state index is 13.5. The molecule has 0 bridgehead atoms. The normalized spacial score (nSPS) is 12.8. The van der Waals surface area contributed by atoms with Crippen LogP contribution in [0, 0.1) is 11.6 Å². The Bertz CT molecular complexity index is 557. The van der Waals surface area contributed by atoms with Gasteiger partial charge in [0.2, 0.25) is 0 Å². The van der Waals surface area contributed by atoms with E-state index in [4.69, 9.17) is 27.7 Å². The van der Waals surface area contributed by atoms with Crippen molar-refractivity contribution in [1.29, 1.82) is 0 Å². The van der Waals surface area contributed by atoms with Gasteiger partial charge in [-0.3, -0.25) is 0 Å². The summed E-state index contributed by atoms with van der Waals surface area (Å²) in [6.07, 6.45) is 0. The number of hydrogen-bond acceptors (Lipinski definition) is 3. The molecule has 0 radical (unpaired) electrons. The van der Waals surface area contributed by atoms with Crippen LogP contribution >= 0.6 is 23.2 Å². The first-order valence-corrected chi connectivity index (χ1v) is 5.43. The molecule has 0 aliphatic rings. The lowest BCUT2D eigenvalue weighted by molar-refractivity contribution is 0.420. The van der Waals surface area contributed by atoms with E-state index < -0.39 is 17.0 Å². The van der Waals surface area contributed by atoms with Gasteiger partial charge in [0.05, 0.1) is 16.0 Å². The zero-order valence-electron chi connectivity index (χ0n) is 8.55. The van der Waals surface area contributed by atoms with Crippen LogP contribution in [0.3, 0.4) is 0 Å². The number of benzene rings is 1. The topological polar surface area (TPSA) is 38.9 Å². The molecule has 0 amide bonds. The molecule has 0 fully saturated rings. The Labute approximate surface area is 105 Å². The predicted molar refractivity (Wildman–Crippen MR) is 58.9 cm³/mol. The van der Waals surface area contributed by atoms with E-state index in [1.807, 2.05) is 0 Å². The third-order valence-corrected chi connectivity index (χ3v) is 2.52. The third kappa shape index (κ3) is 2.40. The van der Waals surface area contributed by atoms with E-state index in [2.05, 4.69) is 10.1 Å². The standard InChI is InChI=1S/C10H6Cl2F2N2O/c1-4(11)9-15-10(17-16-9)5-2-8(14)6(12)3-7(5)13/h2-4H,1H3. The van der Waals surface area contributed by atoms with Crippen LogP contribution in [-0.4, -0.2) is 10.1 Å². The van der Waals surface area contributed by atoms with E-state index in [1.54, 1.807) is 6.92 Å². The molecule has 1 unspecified atom stereocenters. The van der Waals surface area contributed by atoms with Gasteiger partial charge in [-0.2, -0.15) is 4.98 Å². The average Bonchev–Trinajstić information content (AvgIpc) is 2.72. The lowest BCUT2D eigenvalue weighted by Gasteiger charge is -1.99. The molecule has 1 aromatic carbocycles. The first kappa shape index (κ1) is 12.3. The van der Waals surface area contributed by atoms with Crippen molar-refractivity contribution in [2.45, 2.75) is 12.3 Å². The zero-order valence-corrected chi connectivity index (χ0v) is 10.1. The molecule has 0 spiro atoms. The number of hydrogen-bond donors (Lipinski definition) is 0. The Morgan fingerprint density at radius 3 is 2.59 bits per heavy atom. The number of rotatable bonds is 2. The molecular weight excluding hydrogens is 273 g/mol. The minimum absolute atomic E-state index is 0.138. The van der Waals surface area contributed by atoms with E-state index in [9.17, 15) is 8.78 Å². The fourth-order valence-corrected chi connectivity index (χ4v) is 1.43. The summed E-state index contributed by atoms with van der Waals surface area (Å²) in [5.41, 5.74) is -0.150. The van der Waals surface area contributed by atoms with E-state index in [0.29, 0.717) is 0 Å². The van der Waals surface area contributed by atoms with Gasteiger partial charge in [-0.1, -0.05) is 16.8 Å². The van der Waals surface area contributed by atoms with Crippen molar-refractivity contribution in [2.75, 3.05) is 0 Å². The fourth-order valence-electron chi connectivity index (χ4n) is 1.19. The van der Waals surface area contributed by atoms with Gasteiger partial charge in [-0.25, -0.2) is 8.78 Å². The molecule has 1 heterocycles. The minimum atomic E-state index is -0.762. The van der Waals surface area contributed by atoms with Crippen molar-refractivity contribution in [3.8, 4) is 11.5 Å². The molecule has 17 heavy (non-hydrogen) atoms. The minimum Gasteiger partial charge on any atom is -0.334 e. The number of alkyl halides is 1. The second-order valence-corrected chi connectivity index (χ2v) is 4.38. The fraction of sp³-hybridized carbons (Fsp3) is 0.200. The van der Waals surface area contributed by atoms with Crippen LogP contribution < -0.4 is 0 Å². The van der Waals surface area contributed by atoms with Crippen LogP contribution in [0.1, 0.15) is 18.1 Å². The van der Waals surface area contributed by atoms with Gasteiger partial charge < -0.3 is 4.52 Å². The van der Waals surface area contributed by atoms with Crippen LogP contribution in [0.2, 0.25) is 5.02 Å². The number of nitrogens with zero attached hydrogens (tertiary/aromatic N) is 2. The Balaban J connectivity index is 2.49. The lowest BCUT2D eigenvalue weighted by Crippen LogP contribution is -1.90. The molecule has 2 rings (SSSR count). The maximum atomic E-state index is 13.5.